The fraction of sp³-hybridized carbons (Fsp3) is 0.565. The Morgan fingerprint density at radius 3 is 2.55 bits per heavy atom. The van der Waals surface area contributed by atoms with E-state index in [1.54, 1.807) is 0 Å². The van der Waals surface area contributed by atoms with Gasteiger partial charge in [-0.25, -0.2) is 4.98 Å². The molecule has 1 fully saturated rings. The summed E-state index contributed by atoms with van der Waals surface area (Å²) in [6.07, 6.45) is 1.73. The number of anilines is 1. The van der Waals surface area contributed by atoms with Crippen LogP contribution >= 0.6 is 24.0 Å². The number of nitrogens with zero attached hydrogens (tertiary/aromatic N) is 4. The summed E-state index contributed by atoms with van der Waals surface area (Å²) in [7, 11) is 1.44. The summed E-state index contributed by atoms with van der Waals surface area (Å²) in [4.78, 5) is 10.4. The smallest absolute Gasteiger partial charge is 0.374 e. The molecule has 182 valence electrons. The van der Waals surface area contributed by atoms with Crippen molar-refractivity contribution in [1.82, 2.24) is 14.9 Å². The molecular weight excluding hydrogens is 546 g/mol. The van der Waals surface area contributed by atoms with Crippen molar-refractivity contribution in [2.24, 2.45) is 12.0 Å². The first kappa shape index (κ1) is 25.8. The summed E-state index contributed by atoms with van der Waals surface area (Å²) in [6.45, 7) is 3.09. The average Bonchev–Trinajstić information content (AvgIpc) is 3.47. The SMILES string of the molecule is CCNC(=NCCC(O)(c1nccn1C)C(F)(F)F)N1CC2(CCCC2)c2ccccc21.I. The molecule has 1 aliphatic carbocycles. The van der Waals surface area contributed by atoms with Crippen LogP contribution in [0.25, 0.3) is 0 Å². The van der Waals surface area contributed by atoms with E-state index in [2.05, 4.69) is 32.3 Å². The summed E-state index contributed by atoms with van der Waals surface area (Å²) in [5, 5.41) is 13.8. The summed E-state index contributed by atoms with van der Waals surface area (Å²) in [6, 6.07) is 8.23. The maximum atomic E-state index is 13.8. The number of hydrogen-bond acceptors (Lipinski definition) is 3. The van der Waals surface area contributed by atoms with Crippen LogP contribution in [0, 0.1) is 0 Å². The molecule has 1 aromatic heterocycles. The lowest BCUT2D eigenvalue weighted by molar-refractivity contribution is -0.272. The Balaban J connectivity index is 0.00000306. The van der Waals surface area contributed by atoms with Crippen molar-refractivity contribution < 1.29 is 18.3 Å². The molecule has 0 radical (unpaired) electrons. The van der Waals surface area contributed by atoms with Crippen molar-refractivity contribution in [2.45, 2.75) is 56.2 Å². The number of imidazole rings is 1. The molecule has 1 saturated carbocycles. The van der Waals surface area contributed by atoms with E-state index in [9.17, 15) is 18.3 Å². The van der Waals surface area contributed by atoms with E-state index in [0.29, 0.717) is 12.5 Å². The second-order valence-electron chi connectivity index (χ2n) is 8.80. The van der Waals surface area contributed by atoms with Gasteiger partial charge in [0.2, 0.25) is 5.60 Å². The number of aryl methyl sites for hydroxylation is 1. The van der Waals surface area contributed by atoms with Crippen LogP contribution in [0.15, 0.2) is 41.7 Å². The molecule has 6 nitrogen and oxygen atoms in total. The molecule has 2 heterocycles. The van der Waals surface area contributed by atoms with Gasteiger partial charge in [-0.15, -0.1) is 24.0 Å². The highest BCUT2D eigenvalue weighted by atomic mass is 127. The number of halogens is 4. The van der Waals surface area contributed by atoms with Gasteiger partial charge in [-0.2, -0.15) is 13.2 Å². The Labute approximate surface area is 209 Å². The molecule has 2 aliphatic rings. The molecule has 33 heavy (non-hydrogen) atoms. The first-order valence-electron chi connectivity index (χ1n) is 11.1. The van der Waals surface area contributed by atoms with Crippen molar-refractivity contribution in [2.75, 3.05) is 24.5 Å². The number of fused-ring (bicyclic) bond motifs is 2. The minimum absolute atomic E-state index is 0. The highest BCUT2D eigenvalue weighted by Crippen LogP contribution is 2.50. The van der Waals surface area contributed by atoms with Gasteiger partial charge in [0.25, 0.3) is 0 Å². The van der Waals surface area contributed by atoms with E-state index in [4.69, 9.17) is 0 Å². The molecule has 4 rings (SSSR count). The molecule has 1 atom stereocenters. The van der Waals surface area contributed by atoms with Crippen molar-refractivity contribution in [1.29, 1.82) is 0 Å². The standard InChI is InChI=1S/C23H30F3N5O.HI/c1-3-27-20(29-13-12-22(32,23(24,25)26)19-28-14-15-30(19)2)31-16-21(10-6-7-11-21)17-8-4-5-9-18(17)31;/h4-5,8-9,14-15,32H,3,6-7,10-13,16H2,1-2H3,(H,27,29);1H. The molecule has 1 aromatic carbocycles. The summed E-state index contributed by atoms with van der Waals surface area (Å²) >= 11 is 0. The lowest BCUT2D eigenvalue weighted by Gasteiger charge is -2.30. The molecule has 2 N–H and O–H groups in total. The van der Waals surface area contributed by atoms with Gasteiger partial charge in [-0.1, -0.05) is 31.0 Å². The monoisotopic (exact) mass is 577 g/mol. The molecule has 1 aliphatic heterocycles. The number of aromatic nitrogens is 2. The van der Waals surface area contributed by atoms with Crippen LogP contribution in [0.2, 0.25) is 0 Å². The second kappa shape index (κ2) is 9.81. The van der Waals surface area contributed by atoms with Crippen molar-refractivity contribution in [3.8, 4) is 0 Å². The first-order valence-corrected chi connectivity index (χ1v) is 11.1. The third-order valence-electron chi connectivity index (χ3n) is 6.77. The topological polar surface area (TPSA) is 65.7 Å². The quantitative estimate of drug-likeness (QED) is 0.313. The van der Waals surface area contributed by atoms with Crippen molar-refractivity contribution in [3.63, 3.8) is 0 Å². The number of hydrogen-bond donors (Lipinski definition) is 2. The number of aliphatic hydroxyl groups is 1. The zero-order valence-corrected chi connectivity index (χ0v) is 21.2. The molecule has 0 bridgehead atoms. The Hall–Kier alpha value is -1.82. The summed E-state index contributed by atoms with van der Waals surface area (Å²) < 4.78 is 42.7. The maximum Gasteiger partial charge on any atom is 0.424 e. The van der Waals surface area contributed by atoms with Crippen LogP contribution in [0.5, 0.6) is 0 Å². The van der Waals surface area contributed by atoms with Gasteiger partial charge in [-0.3, -0.25) is 4.99 Å². The highest BCUT2D eigenvalue weighted by molar-refractivity contribution is 14.0. The second-order valence-corrected chi connectivity index (χ2v) is 8.80. The lowest BCUT2D eigenvalue weighted by atomic mass is 9.81. The van der Waals surface area contributed by atoms with Gasteiger partial charge >= 0.3 is 6.18 Å². The highest BCUT2D eigenvalue weighted by Gasteiger charge is 2.57. The molecule has 1 unspecified atom stereocenters. The number of alkyl halides is 3. The number of aliphatic imine (C=N–C) groups is 1. The predicted molar refractivity (Wildman–Crippen MR) is 133 cm³/mol. The average molecular weight is 577 g/mol. The molecule has 10 heteroatoms. The van der Waals surface area contributed by atoms with Gasteiger partial charge < -0.3 is 19.9 Å². The predicted octanol–water partition coefficient (Wildman–Crippen LogP) is 4.48. The fourth-order valence-electron chi connectivity index (χ4n) is 5.16. The largest absolute Gasteiger partial charge is 0.424 e. The maximum absolute atomic E-state index is 13.8. The fourth-order valence-corrected chi connectivity index (χ4v) is 5.16. The molecule has 0 saturated heterocycles. The number of guanidine groups is 1. The minimum Gasteiger partial charge on any atom is -0.374 e. The number of benzene rings is 1. The zero-order valence-electron chi connectivity index (χ0n) is 18.9. The zero-order chi connectivity index (χ0) is 23.0. The third-order valence-corrected chi connectivity index (χ3v) is 6.77. The van der Waals surface area contributed by atoms with Crippen LogP contribution in [0.3, 0.4) is 0 Å². The molecule has 2 aromatic rings. The van der Waals surface area contributed by atoms with Crippen LogP contribution < -0.4 is 10.2 Å². The summed E-state index contributed by atoms with van der Waals surface area (Å²) in [5.41, 5.74) is -0.638. The van der Waals surface area contributed by atoms with Gasteiger partial charge in [0.05, 0.1) is 0 Å². The van der Waals surface area contributed by atoms with Crippen molar-refractivity contribution in [3.05, 3.63) is 48.0 Å². The van der Waals surface area contributed by atoms with E-state index in [1.807, 2.05) is 19.1 Å². The van der Waals surface area contributed by atoms with E-state index in [0.717, 1.165) is 25.1 Å². The third kappa shape index (κ3) is 4.60. The molecule has 0 amide bonds. The van der Waals surface area contributed by atoms with Gasteiger partial charge in [0.1, 0.15) is 5.82 Å². The molecular formula is C23H31F3IN5O. The van der Waals surface area contributed by atoms with E-state index < -0.39 is 24.0 Å². The van der Waals surface area contributed by atoms with Gasteiger partial charge in [0, 0.05) is 56.6 Å². The number of rotatable bonds is 5. The van der Waals surface area contributed by atoms with Crippen molar-refractivity contribution >= 4 is 35.6 Å². The normalized spacial score (nSPS) is 19.3. The Kier molecular flexibility index (Phi) is 7.67. The molecule has 1 spiro atoms. The Morgan fingerprint density at radius 2 is 1.94 bits per heavy atom. The first-order chi connectivity index (χ1) is 15.2. The Bertz CT molecular complexity index is 986. The summed E-state index contributed by atoms with van der Waals surface area (Å²) in [5.74, 6) is 0.120. The van der Waals surface area contributed by atoms with E-state index in [1.165, 1.54) is 42.4 Å². The van der Waals surface area contributed by atoms with Crippen LogP contribution in [0.4, 0.5) is 18.9 Å². The van der Waals surface area contributed by atoms with E-state index >= 15 is 0 Å². The minimum atomic E-state index is -4.87. The van der Waals surface area contributed by atoms with Gasteiger partial charge in [0.15, 0.2) is 5.96 Å². The number of para-hydroxylation sites is 1. The van der Waals surface area contributed by atoms with Crippen LogP contribution in [-0.2, 0) is 18.1 Å². The Morgan fingerprint density at radius 1 is 1.24 bits per heavy atom. The number of nitrogens with one attached hydrogen (secondary N) is 1. The van der Waals surface area contributed by atoms with Crippen LogP contribution in [-0.4, -0.2) is 46.4 Å². The van der Waals surface area contributed by atoms with Gasteiger partial charge in [-0.05, 0) is 31.4 Å². The lowest BCUT2D eigenvalue weighted by Crippen LogP contribution is -2.46. The van der Waals surface area contributed by atoms with E-state index in [-0.39, 0.29) is 35.9 Å². The van der Waals surface area contributed by atoms with Crippen LogP contribution in [0.1, 0.15) is 50.4 Å².